The van der Waals surface area contributed by atoms with Crippen molar-refractivity contribution in [1.29, 1.82) is 0 Å². The molecule has 1 aliphatic rings. The van der Waals surface area contributed by atoms with Crippen molar-refractivity contribution in [1.82, 2.24) is 4.98 Å². The smallest absolute Gasteiger partial charge is 0.0538 e. The molecule has 0 radical (unpaired) electrons. The van der Waals surface area contributed by atoms with Crippen molar-refractivity contribution in [3.8, 4) is 0 Å². The van der Waals surface area contributed by atoms with E-state index in [0.717, 1.165) is 0 Å². The summed E-state index contributed by atoms with van der Waals surface area (Å²) in [6.45, 7) is 0. The van der Waals surface area contributed by atoms with Crippen molar-refractivity contribution in [2.75, 3.05) is 0 Å². The highest BCUT2D eigenvalue weighted by Gasteiger charge is 2.06. The molecule has 0 saturated carbocycles. The van der Waals surface area contributed by atoms with Gasteiger partial charge in [-0.2, -0.15) is 0 Å². The maximum absolute atomic E-state index is 3.28. The summed E-state index contributed by atoms with van der Waals surface area (Å²) in [5, 5.41) is 3.38. The maximum atomic E-state index is 3.28. The second kappa shape index (κ2) is 3.07. The number of thioether (sulfide) groups is 1. The molecule has 2 aromatic rings. The molecule has 0 fully saturated rings. The third-order valence-electron chi connectivity index (χ3n) is 2.38. The molecule has 0 bridgehead atoms. The van der Waals surface area contributed by atoms with Gasteiger partial charge in [-0.3, -0.25) is 0 Å². The van der Waals surface area contributed by atoms with Crippen molar-refractivity contribution < 1.29 is 0 Å². The van der Waals surface area contributed by atoms with E-state index >= 15 is 0 Å². The van der Waals surface area contributed by atoms with E-state index in [4.69, 9.17) is 0 Å². The van der Waals surface area contributed by atoms with Gasteiger partial charge >= 0.3 is 0 Å². The Hall–Kier alpha value is -1.41. The summed E-state index contributed by atoms with van der Waals surface area (Å²) >= 11 is 1.76. The van der Waals surface area contributed by atoms with Crippen LogP contribution < -0.4 is 0 Å². The minimum absolute atomic E-state index is 1.23. The average molecular weight is 199 g/mol. The molecule has 68 valence electrons. The lowest BCUT2D eigenvalue weighted by Crippen LogP contribution is -1.80. The van der Waals surface area contributed by atoms with Gasteiger partial charge in [-0.25, -0.2) is 0 Å². The zero-order valence-electron chi connectivity index (χ0n) is 7.53. The first-order chi connectivity index (χ1) is 6.95. The molecule has 1 aromatic carbocycles. The van der Waals surface area contributed by atoms with E-state index in [0.29, 0.717) is 0 Å². The number of rotatable bonds is 0. The van der Waals surface area contributed by atoms with Gasteiger partial charge < -0.3 is 4.98 Å². The summed E-state index contributed by atoms with van der Waals surface area (Å²) < 4.78 is 0. The second-order valence-electron chi connectivity index (χ2n) is 3.22. The number of aromatic amines is 1. The molecular formula is C12H9NS. The van der Waals surface area contributed by atoms with Crippen LogP contribution in [0, 0.1) is 0 Å². The van der Waals surface area contributed by atoms with Crippen LogP contribution in [0.1, 0.15) is 5.56 Å². The Bertz CT molecular complexity index is 534. The van der Waals surface area contributed by atoms with E-state index < -0.39 is 0 Å². The fourth-order valence-electron chi connectivity index (χ4n) is 1.71. The Balaban J connectivity index is 2.38. The molecule has 1 N–H and O–H groups in total. The molecule has 0 aliphatic carbocycles. The molecule has 0 atom stereocenters. The summed E-state index contributed by atoms with van der Waals surface area (Å²) in [6.07, 6.45) is 8.30. The number of hydrogen-bond donors (Lipinski definition) is 1. The van der Waals surface area contributed by atoms with Crippen LogP contribution in [0.2, 0.25) is 0 Å². The Kier molecular flexibility index (Phi) is 1.74. The van der Waals surface area contributed by atoms with Crippen molar-refractivity contribution in [3.63, 3.8) is 0 Å². The SMILES string of the molecule is C1=CSc2ccc3cc[nH]c3c2C=C1. The summed E-state index contributed by atoms with van der Waals surface area (Å²) in [5.41, 5.74) is 2.53. The fraction of sp³-hybridized carbons (Fsp3) is 0. The Morgan fingerprint density at radius 3 is 3.07 bits per heavy atom. The minimum Gasteiger partial charge on any atom is -0.361 e. The van der Waals surface area contributed by atoms with E-state index in [2.05, 4.69) is 46.8 Å². The molecule has 0 unspecified atom stereocenters. The number of allylic oxidation sites excluding steroid dienone is 2. The monoisotopic (exact) mass is 199 g/mol. The van der Waals surface area contributed by atoms with Gasteiger partial charge in [-0.1, -0.05) is 36.1 Å². The van der Waals surface area contributed by atoms with Crippen LogP contribution in [0.25, 0.3) is 17.0 Å². The first kappa shape index (κ1) is 7.94. The van der Waals surface area contributed by atoms with Gasteiger partial charge in [0.15, 0.2) is 0 Å². The van der Waals surface area contributed by atoms with Crippen LogP contribution in [0.15, 0.2) is 46.9 Å². The molecule has 1 aromatic heterocycles. The number of aromatic nitrogens is 1. The third kappa shape index (κ3) is 1.11. The summed E-state index contributed by atoms with van der Waals surface area (Å²) in [7, 11) is 0. The Morgan fingerprint density at radius 2 is 2.07 bits per heavy atom. The molecular weight excluding hydrogens is 190 g/mol. The molecule has 2 heterocycles. The van der Waals surface area contributed by atoms with Crippen molar-refractivity contribution >= 4 is 28.7 Å². The number of fused-ring (bicyclic) bond motifs is 3. The van der Waals surface area contributed by atoms with Gasteiger partial charge in [0.05, 0.1) is 5.52 Å². The summed E-state index contributed by atoms with van der Waals surface area (Å²) in [4.78, 5) is 4.59. The van der Waals surface area contributed by atoms with E-state index in [1.807, 2.05) is 6.20 Å². The first-order valence-corrected chi connectivity index (χ1v) is 5.43. The lowest BCUT2D eigenvalue weighted by Gasteiger charge is -2.03. The average Bonchev–Trinajstić information content (AvgIpc) is 2.55. The predicted octanol–water partition coefficient (Wildman–Crippen LogP) is 3.80. The van der Waals surface area contributed by atoms with Gasteiger partial charge in [0.1, 0.15) is 0 Å². The lowest BCUT2D eigenvalue weighted by molar-refractivity contribution is 1.41. The van der Waals surface area contributed by atoms with E-state index in [9.17, 15) is 0 Å². The third-order valence-corrected chi connectivity index (χ3v) is 3.28. The van der Waals surface area contributed by atoms with Crippen LogP contribution in [-0.4, -0.2) is 4.98 Å². The van der Waals surface area contributed by atoms with E-state index in [-0.39, 0.29) is 0 Å². The van der Waals surface area contributed by atoms with Crippen LogP contribution in [-0.2, 0) is 0 Å². The van der Waals surface area contributed by atoms with Gasteiger partial charge in [0, 0.05) is 22.0 Å². The quantitative estimate of drug-likeness (QED) is 0.682. The highest BCUT2D eigenvalue weighted by molar-refractivity contribution is 8.02. The zero-order valence-corrected chi connectivity index (χ0v) is 8.34. The molecule has 2 heteroatoms. The molecule has 0 saturated heterocycles. The largest absolute Gasteiger partial charge is 0.361 e. The normalized spacial score (nSPS) is 14.3. The number of H-pyrrole nitrogens is 1. The molecule has 14 heavy (non-hydrogen) atoms. The van der Waals surface area contributed by atoms with Gasteiger partial charge in [0.25, 0.3) is 0 Å². The topological polar surface area (TPSA) is 15.8 Å². The standard InChI is InChI=1S/C12H9NS/c1-2-8-14-11-5-4-9-6-7-13-12(9)10(11)3-1/h1-8,13H. The number of benzene rings is 1. The highest BCUT2D eigenvalue weighted by Crippen LogP contribution is 2.32. The minimum atomic E-state index is 1.23. The van der Waals surface area contributed by atoms with Gasteiger partial charge in [0.2, 0.25) is 0 Å². The zero-order chi connectivity index (χ0) is 9.38. The Labute approximate surface area is 86.5 Å². The molecule has 0 spiro atoms. The number of nitrogens with one attached hydrogen (secondary N) is 1. The first-order valence-electron chi connectivity index (χ1n) is 4.55. The van der Waals surface area contributed by atoms with Crippen molar-refractivity contribution in [2.45, 2.75) is 4.90 Å². The van der Waals surface area contributed by atoms with Gasteiger partial charge in [-0.15, -0.1) is 0 Å². The van der Waals surface area contributed by atoms with Gasteiger partial charge in [-0.05, 0) is 17.5 Å². The maximum Gasteiger partial charge on any atom is 0.0538 e. The molecule has 0 amide bonds. The van der Waals surface area contributed by atoms with Crippen molar-refractivity contribution in [3.05, 3.63) is 47.5 Å². The number of hydrogen-bond acceptors (Lipinski definition) is 1. The second-order valence-corrected chi connectivity index (χ2v) is 4.17. The fourth-order valence-corrected chi connectivity index (χ4v) is 2.47. The van der Waals surface area contributed by atoms with Crippen LogP contribution >= 0.6 is 11.8 Å². The van der Waals surface area contributed by atoms with E-state index in [1.165, 1.54) is 21.4 Å². The van der Waals surface area contributed by atoms with E-state index in [1.54, 1.807) is 11.8 Å². The predicted molar refractivity (Wildman–Crippen MR) is 62.3 cm³/mol. The molecule has 3 rings (SSSR count). The lowest BCUT2D eigenvalue weighted by atomic mass is 10.1. The Morgan fingerprint density at radius 1 is 1.07 bits per heavy atom. The van der Waals surface area contributed by atoms with Crippen LogP contribution in [0.3, 0.4) is 0 Å². The highest BCUT2D eigenvalue weighted by atomic mass is 32.2. The molecule has 1 aliphatic heterocycles. The van der Waals surface area contributed by atoms with Crippen LogP contribution in [0.4, 0.5) is 0 Å². The molecule has 1 nitrogen and oxygen atoms in total. The summed E-state index contributed by atoms with van der Waals surface area (Å²) in [5.74, 6) is 0. The van der Waals surface area contributed by atoms with Crippen molar-refractivity contribution in [2.24, 2.45) is 0 Å². The summed E-state index contributed by atoms with van der Waals surface area (Å²) in [6, 6.07) is 6.44. The van der Waals surface area contributed by atoms with Crippen LogP contribution in [0.5, 0.6) is 0 Å².